The topological polar surface area (TPSA) is 56.6 Å². The minimum absolute atomic E-state index is 0.115. The van der Waals surface area contributed by atoms with Crippen LogP contribution in [0.2, 0.25) is 0 Å². The van der Waals surface area contributed by atoms with Crippen molar-refractivity contribution >= 4 is 18.5 Å². The second-order valence-electron chi connectivity index (χ2n) is 6.92. The SMILES string of the molecule is CC(=O)N1CC(n2cc(B3OC(C)(C)C(C)(C)O3)cn2)C1. The molecule has 2 aliphatic rings. The molecule has 7 heteroatoms. The smallest absolute Gasteiger partial charge is 0.399 e. The average molecular weight is 291 g/mol. The van der Waals surface area contributed by atoms with Crippen molar-refractivity contribution in [2.75, 3.05) is 13.1 Å². The summed E-state index contributed by atoms with van der Waals surface area (Å²) >= 11 is 0. The Morgan fingerprint density at radius 1 is 1.29 bits per heavy atom. The van der Waals surface area contributed by atoms with E-state index in [2.05, 4.69) is 5.10 Å². The van der Waals surface area contributed by atoms with Crippen molar-refractivity contribution in [3.8, 4) is 0 Å². The molecule has 6 nitrogen and oxygen atoms in total. The Hall–Kier alpha value is -1.34. The Morgan fingerprint density at radius 2 is 1.86 bits per heavy atom. The van der Waals surface area contributed by atoms with Gasteiger partial charge in [-0.15, -0.1) is 0 Å². The number of hydrogen-bond donors (Lipinski definition) is 0. The van der Waals surface area contributed by atoms with Crippen molar-refractivity contribution in [1.82, 2.24) is 14.7 Å². The highest BCUT2D eigenvalue weighted by Gasteiger charge is 2.52. The maximum absolute atomic E-state index is 11.2. The van der Waals surface area contributed by atoms with E-state index in [4.69, 9.17) is 9.31 Å². The Balaban J connectivity index is 1.68. The van der Waals surface area contributed by atoms with Crippen molar-refractivity contribution in [2.45, 2.75) is 51.9 Å². The zero-order valence-electron chi connectivity index (χ0n) is 13.3. The summed E-state index contributed by atoms with van der Waals surface area (Å²) < 4.78 is 13.9. The number of hydrogen-bond acceptors (Lipinski definition) is 4. The molecule has 2 saturated heterocycles. The molecule has 1 amide bonds. The van der Waals surface area contributed by atoms with E-state index in [0.29, 0.717) is 0 Å². The molecule has 0 atom stereocenters. The van der Waals surface area contributed by atoms with Gasteiger partial charge in [0.2, 0.25) is 5.91 Å². The molecule has 3 rings (SSSR count). The van der Waals surface area contributed by atoms with Gasteiger partial charge in [0.15, 0.2) is 0 Å². The van der Waals surface area contributed by atoms with Crippen LogP contribution in [0.5, 0.6) is 0 Å². The minimum atomic E-state index is -0.382. The summed E-state index contributed by atoms with van der Waals surface area (Å²) in [5.74, 6) is 0.115. The van der Waals surface area contributed by atoms with Crippen LogP contribution in [-0.4, -0.2) is 52.0 Å². The van der Waals surface area contributed by atoms with E-state index in [1.54, 1.807) is 18.0 Å². The molecule has 1 aromatic rings. The number of likely N-dealkylation sites (tertiary alicyclic amines) is 1. The van der Waals surface area contributed by atoms with Gasteiger partial charge >= 0.3 is 7.12 Å². The fraction of sp³-hybridized carbons (Fsp3) is 0.714. The van der Waals surface area contributed by atoms with Gasteiger partial charge in [-0.05, 0) is 27.7 Å². The van der Waals surface area contributed by atoms with Gasteiger partial charge in [0.05, 0.1) is 17.2 Å². The third-order valence-electron chi connectivity index (χ3n) is 4.83. The highest BCUT2D eigenvalue weighted by molar-refractivity contribution is 6.62. The summed E-state index contributed by atoms with van der Waals surface area (Å²) in [6, 6.07) is 0.255. The molecule has 21 heavy (non-hydrogen) atoms. The molecular weight excluding hydrogens is 269 g/mol. The normalized spacial score (nSPS) is 24.2. The lowest BCUT2D eigenvalue weighted by atomic mass is 9.82. The Morgan fingerprint density at radius 3 is 2.38 bits per heavy atom. The molecule has 0 aliphatic carbocycles. The van der Waals surface area contributed by atoms with Crippen LogP contribution in [-0.2, 0) is 14.1 Å². The van der Waals surface area contributed by atoms with Gasteiger partial charge in [-0.1, -0.05) is 0 Å². The fourth-order valence-corrected chi connectivity index (χ4v) is 2.53. The van der Waals surface area contributed by atoms with Crippen LogP contribution < -0.4 is 5.46 Å². The Labute approximate surface area is 125 Å². The minimum Gasteiger partial charge on any atom is -0.399 e. The van der Waals surface area contributed by atoms with Gasteiger partial charge in [-0.3, -0.25) is 9.48 Å². The molecule has 0 saturated carbocycles. The largest absolute Gasteiger partial charge is 0.498 e. The summed E-state index contributed by atoms with van der Waals surface area (Å²) in [7, 11) is -0.382. The molecule has 0 aromatic carbocycles. The van der Waals surface area contributed by atoms with Crippen LogP contribution in [0.25, 0.3) is 0 Å². The second kappa shape index (κ2) is 4.58. The maximum atomic E-state index is 11.2. The number of amides is 1. The van der Waals surface area contributed by atoms with Gasteiger partial charge in [-0.2, -0.15) is 5.10 Å². The van der Waals surface area contributed by atoms with Crippen LogP contribution in [0.1, 0.15) is 40.7 Å². The van der Waals surface area contributed by atoms with E-state index in [1.165, 1.54) is 0 Å². The lowest BCUT2D eigenvalue weighted by molar-refractivity contribution is -0.134. The van der Waals surface area contributed by atoms with Gasteiger partial charge < -0.3 is 14.2 Å². The zero-order valence-corrected chi connectivity index (χ0v) is 13.3. The predicted molar refractivity (Wildman–Crippen MR) is 79.2 cm³/mol. The van der Waals surface area contributed by atoms with Crippen LogP contribution in [0.3, 0.4) is 0 Å². The van der Waals surface area contributed by atoms with Gasteiger partial charge in [0.25, 0.3) is 0 Å². The fourth-order valence-electron chi connectivity index (χ4n) is 2.53. The van der Waals surface area contributed by atoms with E-state index in [0.717, 1.165) is 18.6 Å². The lowest BCUT2D eigenvalue weighted by Crippen LogP contribution is -2.50. The van der Waals surface area contributed by atoms with Crippen molar-refractivity contribution in [2.24, 2.45) is 0 Å². The molecule has 0 N–H and O–H groups in total. The summed E-state index contributed by atoms with van der Waals surface area (Å²) in [4.78, 5) is 13.0. The van der Waals surface area contributed by atoms with E-state index in [1.807, 2.05) is 38.6 Å². The molecule has 2 aliphatic heterocycles. The molecule has 0 unspecified atom stereocenters. The standard InChI is InChI=1S/C14H22BN3O3/c1-10(19)17-8-12(9-17)18-7-11(6-16-18)15-20-13(2,3)14(4,5)21-15/h6-7,12H,8-9H2,1-5H3. The monoisotopic (exact) mass is 291 g/mol. The third-order valence-corrected chi connectivity index (χ3v) is 4.83. The number of aromatic nitrogens is 2. The van der Waals surface area contributed by atoms with Crippen LogP contribution in [0, 0.1) is 0 Å². The Bertz CT molecular complexity index is 548. The summed E-state index contributed by atoms with van der Waals surface area (Å²) in [5.41, 5.74) is 0.235. The summed E-state index contributed by atoms with van der Waals surface area (Å²) in [6.07, 6.45) is 3.75. The molecule has 114 valence electrons. The molecule has 3 heterocycles. The van der Waals surface area contributed by atoms with Crippen molar-refractivity contribution < 1.29 is 14.1 Å². The first kappa shape index (κ1) is 14.6. The van der Waals surface area contributed by atoms with Gasteiger partial charge in [0.1, 0.15) is 0 Å². The molecule has 0 bridgehead atoms. The molecule has 0 spiro atoms. The number of nitrogens with zero attached hydrogens (tertiary/aromatic N) is 3. The lowest BCUT2D eigenvalue weighted by Gasteiger charge is -2.38. The van der Waals surface area contributed by atoms with Crippen molar-refractivity contribution in [3.05, 3.63) is 12.4 Å². The first-order chi connectivity index (χ1) is 9.69. The number of rotatable bonds is 2. The second-order valence-corrected chi connectivity index (χ2v) is 6.92. The van der Waals surface area contributed by atoms with Crippen LogP contribution >= 0.6 is 0 Å². The number of carbonyl (C=O) groups is 1. The highest BCUT2D eigenvalue weighted by atomic mass is 16.7. The van der Waals surface area contributed by atoms with Gasteiger partial charge in [0, 0.05) is 37.9 Å². The van der Waals surface area contributed by atoms with E-state index >= 15 is 0 Å². The average Bonchev–Trinajstić information content (AvgIpc) is 2.80. The third kappa shape index (κ3) is 2.38. The molecule has 0 radical (unpaired) electrons. The Kier molecular flexibility index (Phi) is 3.18. The first-order valence-corrected chi connectivity index (χ1v) is 7.35. The molecule has 1 aromatic heterocycles. The van der Waals surface area contributed by atoms with Crippen LogP contribution in [0.4, 0.5) is 0 Å². The predicted octanol–water partition coefficient (Wildman–Crippen LogP) is 0.585. The summed E-state index contributed by atoms with van der Waals surface area (Å²) in [5, 5.41) is 4.39. The van der Waals surface area contributed by atoms with E-state index in [-0.39, 0.29) is 30.3 Å². The van der Waals surface area contributed by atoms with Gasteiger partial charge in [-0.25, -0.2) is 0 Å². The summed E-state index contributed by atoms with van der Waals surface area (Å²) in [6.45, 7) is 11.2. The van der Waals surface area contributed by atoms with E-state index < -0.39 is 0 Å². The van der Waals surface area contributed by atoms with Crippen LogP contribution in [0.15, 0.2) is 12.4 Å². The highest BCUT2D eigenvalue weighted by Crippen LogP contribution is 2.36. The molecule has 2 fully saturated rings. The number of carbonyl (C=O) groups excluding carboxylic acids is 1. The maximum Gasteiger partial charge on any atom is 0.498 e. The van der Waals surface area contributed by atoms with Crippen molar-refractivity contribution in [1.29, 1.82) is 0 Å². The van der Waals surface area contributed by atoms with Crippen molar-refractivity contribution in [3.63, 3.8) is 0 Å². The van der Waals surface area contributed by atoms with E-state index in [9.17, 15) is 4.79 Å². The first-order valence-electron chi connectivity index (χ1n) is 7.35. The zero-order chi connectivity index (χ0) is 15.4. The molecular formula is C14H22BN3O3. The quantitative estimate of drug-likeness (QED) is 0.748.